The first kappa shape index (κ1) is 17.8. The summed E-state index contributed by atoms with van der Waals surface area (Å²) in [6, 6.07) is 10.4. The normalized spacial score (nSPS) is 21.4. The number of nitriles is 1. The maximum atomic E-state index is 8.87. The Bertz CT molecular complexity index is 504. The Morgan fingerprint density at radius 3 is 2.52 bits per heavy atom. The number of nitrogens with zero attached hydrogens (tertiary/aromatic N) is 1. The van der Waals surface area contributed by atoms with Crippen molar-refractivity contribution in [3.8, 4) is 6.07 Å². The monoisotopic (exact) mass is 311 g/mol. The Balaban J connectivity index is 1.61. The highest BCUT2D eigenvalue weighted by Gasteiger charge is 2.22. The van der Waals surface area contributed by atoms with E-state index in [0.717, 1.165) is 37.5 Å². The third-order valence-corrected chi connectivity index (χ3v) is 4.92. The van der Waals surface area contributed by atoms with E-state index >= 15 is 0 Å². The van der Waals surface area contributed by atoms with Gasteiger partial charge in [0.15, 0.2) is 0 Å². The summed E-state index contributed by atoms with van der Waals surface area (Å²) < 4.78 is 5.76. The van der Waals surface area contributed by atoms with E-state index in [1.165, 1.54) is 37.7 Å². The fourth-order valence-electron chi connectivity index (χ4n) is 3.44. The van der Waals surface area contributed by atoms with Gasteiger partial charge >= 0.3 is 0 Å². The summed E-state index contributed by atoms with van der Waals surface area (Å²) in [5, 5.41) is 8.87. The third-order valence-electron chi connectivity index (χ3n) is 4.92. The molecule has 0 aromatic heterocycles. The van der Waals surface area contributed by atoms with Gasteiger partial charge in [0.05, 0.1) is 11.6 Å². The average molecular weight is 311 g/mol. The smallest absolute Gasteiger partial charge is 0.0991 e. The first-order valence-corrected chi connectivity index (χ1v) is 9.02. The van der Waals surface area contributed by atoms with Gasteiger partial charge in [0.25, 0.3) is 0 Å². The molecule has 0 bridgehead atoms. The van der Waals surface area contributed by atoms with Crippen molar-refractivity contribution in [2.45, 2.75) is 57.8 Å². The van der Waals surface area contributed by atoms with Crippen molar-refractivity contribution in [1.29, 1.82) is 5.26 Å². The average Bonchev–Trinajstić information content (AvgIpc) is 2.61. The molecule has 0 aliphatic heterocycles. The van der Waals surface area contributed by atoms with Crippen molar-refractivity contribution in [1.82, 2.24) is 0 Å². The molecule has 0 heterocycles. The van der Waals surface area contributed by atoms with Gasteiger partial charge in [0, 0.05) is 13.2 Å². The largest absolute Gasteiger partial charge is 0.381 e. The van der Waals surface area contributed by atoms with Crippen LogP contribution in [-0.4, -0.2) is 13.2 Å². The standard InChI is InChI=1S/C21H29NO/c1-2-3-4-5-15-23-16-14-18-6-10-20(11-7-18)21-12-8-19(17-22)9-13-21/h2-3,8-9,12-13,18,20H,4-7,10-11,14-16H2,1H3. The van der Waals surface area contributed by atoms with Gasteiger partial charge in [-0.05, 0) is 81.4 Å². The highest BCUT2D eigenvalue weighted by Crippen LogP contribution is 2.37. The van der Waals surface area contributed by atoms with E-state index in [2.05, 4.69) is 37.3 Å². The minimum Gasteiger partial charge on any atom is -0.381 e. The summed E-state index contributed by atoms with van der Waals surface area (Å²) in [5.74, 6) is 1.51. The van der Waals surface area contributed by atoms with E-state index in [0.29, 0.717) is 5.92 Å². The van der Waals surface area contributed by atoms with Crippen molar-refractivity contribution in [2.24, 2.45) is 5.92 Å². The van der Waals surface area contributed by atoms with Gasteiger partial charge in [-0.25, -0.2) is 0 Å². The Hall–Kier alpha value is -1.59. The van der Waals surface area contributed by atoms with E-state index in [1.54, 1.807) is 0 Å². The van der Waals surface area contributed by atoms with Crippen LogP contribution in [-0.2, 0) is 4.74 Å². The molecule has 0 spiro atoms. The van der Waals surface area contributed by atoms with E-state index in [-0.39, 0.29) is 0 Å². The zero-order valence-corrected chi connectivity index (χ0v) is 14.3. The summed E-state index contributed by atoms with van der Waals surface area (Å²) in [5.41, 5.74) is 2.16. The molecule has 0 amide bonds. The molecule has 0 radical (unpaired) electrons. The molecule has 0 saturated heterocycles. The molecule has 1 fully saturated rings. The summed E-state index contributed by atoms with van der Waals surface area (Å²) in [6.07, 6.45) is 13.0. The number of allylic oxidation sites excluding steroid dienone is 2. The molecule has 1 saturated carbocycles. The second-order valence-corrected chi connectivity index (χ2v) is 6.56. The van der Waals surface area contributed by atoms with Crippen molar-refractivity contribution < 1.29 is 4.74 Å². The van der Waals surface area contributed by atoms with Gasteiger partial charge in [-0.3, -0.25) is 0 Å². The number of benzene rings is 1. The highest BCUT2D eigenvalue weighted by atomic mass is 16.5. The molecule has 0 atom stereocenters. The molecule has 23 heavy (non-hydrogen) atoms. The number of rotatable bonds is 8. The summed E-state index contributed by atoms with van der Waals surface area (Å²) >= 11 is 0. The van der Waals surface area contributed by atoms with Gasteiger partial charge in [0.1, 0.15) is 0 Å². The van der Waals surface area contributed by atoms with Crippen LogP contribution >= 0.6 is 0 Å². The second-order valence-electron chi connectivity index (χ2n) is 6.56. The molecule has 124 valence electrons. The molecule has 1 aromatic carbocycles. The number of hydrogen-bond acceptors (Lipinski definition) is 2. The predicted octanol–water partition coefficient (Wildman–Crippen LogP) is 5.60. The molecule has 2 heteroatoms. The minimum absolute atomic E-state index is 0.681. The van der Waals surface area contributed by atoms with Gasteiger partial charge in [-0.2, -0.15) is 5.26 Å². The molecule has 1 aliphatic carbocycles. The quantitative estimate of drug-likeness (QED) is 0.463. The Morgan fingerprint density at radius 1 is 1.13 bits per heavy atom. The van der Waals surface area contributed by atoms with Crippen LogP contribution in [0.1, 0.15) is 68.9 Å². The van der Waals surface area contributed by atoms with Crippen molar-refractivity contribution in [3.63, 3.8) is 0 Å². The lowest BCUT2D eigenvalue weighted by Crippen LogP contribution is -2.15. The summed E-state index contributed by atoms with van der Waals surface area (Å²) in [6.45, 7) is 3.88. The van der Waals surface area contributed by atoms with Crippen molar-refractivity contribution in [2.75, 3.05) is 13.2 Å². The third kappa shape index (κ3) is 6.20. The number of ether oxygens (including phenoxy) is 1. The highest BCUT2D eigenvalue weighted by molar-refractivity contribution is 5.33. The molecule has 0 unspecified atom stereocenters. The van der Waals surface area contributed by atoms with Crippen molar-refractivity contribution in [3.05, 3.63) is 47.5 Å². The zero-order chi connectivity index (χ0) is 16.3. The molecule has 2 nitrogen and oxygen atoms in total. The fourth-order valence-corrected chi connectivity index (χ4v) is 3.44. The van der Waals surface area contributed by atoms with Crippen LogP contribution in [0.5, 0.6) is 0 Å². The van der Waals surface area contributed by atoms with E-state index in [1.807, 2.05) is 12.1 Å². The molecule has 2 rings (SSSR count). The van der Waals surface area contributed by atoms with Crippen LogP contribution < -0.4 is 0 Å². The number of hydrogen-bond donors (Lipinski definition) is 0. The first-order valence-electron chi connectivity index (χ1n) is 9.02. The minimum atomic E-state index is 0.681. The maximum absolute atomic E-state index is 8.87. The Labute approximate surface area is 141 Å². The van der Waals surface area contributed by atoms with Crippen LogP contribution in [0.3, 0.4) is 0 Å². The van der Waals surface area contributed by atoms with Crippen LogP contribution in [0, 0.1) is 17.2 Å². The first-order chi connectivity index (χ1) is 11.3. The van der Waals surface area contributed by atoms with Crippen molar-refractivity contribution >= 4 is 0 Å². The van der Waals surface area contributed by atoms with E-state index in [4.69, 9.17) is 10.00 Å². The lowest BCUT2D eigenvalue weighted by Gasteiger charge is -2.28. The van der Waals surface area contributed by atoms with Crippen LogP contribution in [0.25, 0.3) is 0 Å². The maximum Gasteiger partial charge on any atom is 0.0991 e. The van der Waals surface area contributed by atoms with Crippen LogP contribution in [0.2, 0.25) is 0 Å². The SMILES string of the molecule is CC=CCCCOCCC1CCC(c2ccc(C#N)cc2)CC1. The summed E-state index contributed by atoms with van der Waals surface area (Å²) in [4.78, 5) is 0. The zero-order valence-electron chi connectivity index (χ0n) is 14.3. The van der Waals surface area contributed by atoms with Crippen LogP contribution in [0.4, 0.5) is 0 Å². The fraction of sp³-hybridized carbons (Fsp3) is 0.571. The molecule has 0 N–H and O–H groups in total. The topological polar surface area (TPSA) is 33.0 Å². The lowest BCUT2D eigenvalue weighted by atomic mass is 9.77. The predicted molar refractivity (Wildman–Crippen MR) is 95.3 cm³/mol. The Kier molecular flexibility index (Phi) is 7.90. The lowest BCUT2D eigenvalue weighted by molar-refractivity contribution is 0.111. The van der Waals surface area contributed by atoms with E-state index in [9.17, 15) is 0 Å². The number of unbranched alkanes of at least 4 members (excludes halogenated alkanes) is 1. The van der Waals surface area contributed by atoms with Gasteiger partial charge in [0.2, 0.25) is 0 Å². The van der Waals surface area contributed by atoms with Gasteiger partial charge in [-0.1, -0.05) is 24.3 Å². The van der Waals surface area contributed by atoms with Gasteiger partial charge < -0.3 is 4.74 Å². The molecule has 1 aromatic rings. The molecular weight excluding hydrogens is 282 g/mol. The summed E-state index contributed by atoms with van der Waals surface area (Å²) in [7, 11) is 0. The second kappa shape index (κ2) is 10.2. The molecular formula is C21H29NO. The Morgan fingerprint density at radius 2 is 1.87 bits per heavy atom. The van der Waals surface area contributed by atoms with Crippen LogP contribution in [0.15, 0.2) is 36.4 Å². The molecule has 1 aliphatic rings. The van der Waals surface area contributed by atoms with E-state index < -0.39 is 0 Å². The van der Waals surface area contributed by atoms with Gasteiger partial charge in [-0.15, -0.1) is 0 Å².